The van der Waals surface area contributed by atoms with E-state index in [0.29, 0.717) is 0 Å². The van der Waals surface area contributed by atoms with Crippen LogP contribution in [0.1, 0.15) is 76.3 Å². The second-order valence-corrected chi connectivity index (χ2v) is 20.1. The lowest BCUT2D eigenvalue weighted by atomic mass is 9.42. The minimum atomic E-state index is -0.233. The van der Waals surface area contributed by atoms with Crippen molar-refractivity contribution in [2.24, 2.45) is 0 Å². The molecule has 4 heterocycles. The van der Waals surface area contributed by atoms with Gasteiger partial charge >= 0.3 is 6.85 Å². The Morgan fingerprint density at radius 1 is 0.500 bits per heavy atom. The van der Waals surface area contributed by atoms with Crippen LogP contribution in [0, 0.1) is 0 Å². The van der Waals surface area contributed by atoms with Crippen molar-refractivity contribution in [3.63, 3.8) is 0 Å². The van der Waals surface area contributed by atoms with E-state index in [2.05, 4.69) is 216 Å². The Morgan fingerprint density at radius 2 is 1.19 bits per heavy atom. The molecule has 3 aliphatic heterocycles. The highest BCUT2D eigenvalue weighted by Crippen LogP contribution is 2.61. The Kier molecular flexibility index (Phi) is 6.94. The predicted octanol–water partition coefficient (Wildman–Crippen LogP) is 14.2. The normalized spacial score (nSPS) is 15.8. The van der Waals surface area contributed by atoms with Gasteiger partial charge in [-0.2, -0.15) is 0 Å². The number of hydrogen-bond donors (Lipinski definition) is 0. The van der Waals surface area contributed by atoms with Crippen LogP contribution < -0.4 is 20.6 Å². The Morgan fingerprint density at radius 3 is 2.02 bits per heavy atom. The maximum absolute atomic E-state index is 6.81. The predicted molar refractivity (Wildman–Crippen MR) is 261 cm³/mol. The van der Waals surface area contributed by atoms with E-state index in [4.69, 9.17) is 4.42 Å². The SMILES string of the molecule is CC(C)(C)c1ccc(N2c3cc4c(c5c3B(c3ccc6oc7ccccc7c6c32)N2c3ccccc3C(C)(C)c3cccc-5c32)-c2ccccc2C4(C)C)c(-c2ccccc2)c1. The maximum Gasteiger partial charge on any atom is 0.333 e. The quantitative estimate of drug-likeness (QED) is 0.162. The molecule has 0 amide bonds. The summed E-state index contributed by atoms with van der Waals surface area (Å²) in [5, 5.41) is 2.28. The van der Waals surface area contributed by atoms with Crippen LogP contribution in [0.3, 0.4) is 0 Å². The number of rotatable bonds is 2. The van der Waals surface area contributed by atoms with Crippen molar-refractivity contribution in [3.8, 4) is 33.4 Å². The molecule has 9 aromatic rings. The van der Waals surface area contributed by atoms with Crippen LogP contribution in [0.15, 0.2) is 162 Å². The third-order valence-electron chi connectivity index (χ3n) is 15.0. The van der Waals surface area contributed by atoms with Crippen LogP contribution in [0.25, 0.3) is 55.3 Å². The average molecular weight is 799 g/mol. The van der Waals surface area contributed by atoms with Crippen LogP contribution in [0.5, 0.6) is 0 Å². The van der Waals surface area contributed by atoms with Crippen molar-refractivity contribution >= 4 is 68.1 Å². The van der Waals surface area contributed by atoms with Gasteiger partial charge < -0.3 is 14.1 Å². The molecule has 4 heteroatoms. The molecule has 1 aliphatic carbocycles. The molecule has 8 aromatic carbocycles. The molecule has 0 bridgehead atoms. The monoisotopic (exact) mass is 798 g/mol. The summed E-state index contributed by atoms with van der Waals surface area (Å²) >= 11 is 0. The molecule has 3 nitrogen and oxygen atoms in total. The first-order valence-electron chi connectivity index (χ1n) is 22.2. The smallest absolute Gasteiger partial charge is 0.333 e. The third-order valence-corrected chi connectivity index (χ3v) is 15.0. The fourth-order valence-electron chi connectivity index (χ4n) is 12.0. The summed E-state index contributed by atoms with van der Waals surface area (Å²) in [5.41, 5.74) is 24.7. The molecule has 0 fully saturated rings. The van der Waals surface area contributed by atoms with Gasteiger partial charge in [0.05, 0.1) is 16.8 Å². The molecule has 0 atom stereocenters. The van der Waals surface area contributed by atoms with Crippen LogP contribution in [0.4, 0.5) is 28.4 Å². The molecule has 1 aromatic heterocycles. The summed E-state index contributed by atoms with van der Waals surface area (Å²) in [6.07, 6.45) is 0. The molecule has 4 aliphatic rings. The number of furan rings is 1. The number of anilines is 5. The van der Waals surface area contributed by atoms with Crippen LogP contribution in [-0.2, 0) is 16.2 Å². The maximum atomic E-state index is 6.81. The first-order chi connectivity index (χ1) is 29.9. The average Bonchev–Trinajstić information content (AvgIpc) is 3.77. The summed E-state index contributed by atoms with van der Waals surface area (Å²) in [4.78, 5) is 5.37. The summed E-state index contributed by atoms with van der Waals surface area (Å²) in [6, 6.07) is 59.5. The van der Waals surface area contributed by atoms with Gasteiger partial charge in [0.1, 0.15) is 11.2 Å². The molecule has 0 radical (unpaired) electrons. The lowest BCUT2D eigenvalue weighted by Crippen LogP contribution is -2.63. The minimum Gasteiger partial charge on any atom is -0.456 e. The number of benzene rings is 8. The molecule has 0 unspecified atom stereocenters. The third kappa shape index (κ3) is 4.47. The zero-order chi connectivity index (χ0) is 42.0. The minimum absolute atomic E-state index is 0.0413. The number of fused-ring (bicyclic) bond motifs is 14. The van der Waals surface area contributed by atoms with Crippen molar-refractivity contribution < 1.29 is 4.42 Å². The van der Waals surface area contributed by atoms with Gasteiger partial charge in [0.2, 0.25) is 0 Å². The van der Waals surface area contributed by atoms with Gasteiger partial charge in [0.15, 0.2) is 0 Å². The molecule has 0 spiro atoms. The fourth-order valence-corrected chi connectivity index (χ4v) is 12.0. The molecule has 0 N–H and O–H groups in total. The van der Waals surface area contributed by atoms with Crippen molar-refractivity contribution in [1.29, 1.82) is 0 Å². The van der Waals surface area contributed by atoms with Gasteiger partial charge in [-0.1, -0.05) is 170 Å². The van der Waals surface area contributed by atoms with E-state index in [1.165, 1.54) is 94.9 Å². The Bertz CT molecular complexity index is 3420. The molecule has 0 saturated carbocycles. The standard InChI is InChI=1S/C58H47BN2O/c1-56(2,3)35-28-30-45(39(32-35)34-18-9-8-10-19-34)60-47-33-43-50(36-20-11-13-23-40(36)57(43,4)5)52-38-22-17-25-42-54(38)61(46-26-15-14-24-41(46)58(42,6)7)59(53(47)52)44-29-31-49-51(55(44)60)37-21-12-16-27-48(37)62-49/h8-33H,1-7H3. The van der Waals surface area contributed by atoms with Gasteiger partial charge in [-0.05, 0) is 103 Å². The number of nitrogens with zero attached hydrogens (tertiary/aromatic N) is 2. The van der Waals surface area contributed by atoms with Gasteiger partial charge in [-0.3, -0.25) is 0 Å². The Labute approximate surface area is 364 Å². The van der Waals surface area contributed by atoms with Gasteiger partial charge in [-0.15, -0.1) is 0 Å². The lowest BCUT2D eigenvalue weighted by molar-refractivity contribution is 0.590. The molecular formula is C58H47BN2O. The van der Waals surface area contributed by atoms with E-state index in [1.54, 1.807) is 0 Å². The summed E-state index contributed by atoms with van der Waals surface area (Å²) < 4.78 is 6.81. The highest BCUT2D eigenvalue weighted by atomic mass is 16.3. The summed E-state index contributed by atoms with van der Waals surface area (Å²) in [7, 11) is 0. The zero-order valence-electron chi connectivity index (χ0n) is 36.4. The Balaban J connectivity index is 1.26. The van der Waals surface area contributed by atoms with E-state index in [-0.39, 0.29) is 23.1 Å². The van der Waals surface area contributed by atoms with E-state index in [9.17, 15) is 0 Å². The highest BCUT2D eigenvalue weighted by molar-refractivity contribution is 6.94. The highest BCUT2D eigenvalue weighted by Gasteiger charge is 2.53. The zero-order valence-corrected chi connectivity index (χ0v) is 36.4. The van der Waals surface area contributed by atoms with Crippen molar-refractivity contribution in [2.75, 3.05) is 9.71 Å². The molecule has 298 valence electrons. The summed E-state index contributed by atoms with van der Waals surface area (Å²) in [5.74, 6) is 0. The van der Waals surface area contributed by atoms with E-state index >= 15 is 0 Å². The van der Waals surface area contributed by atoms with Crippen LogP contribution in [0.2, 0.25) is 0 Å². The number of para-hydroxylation sites is 3. The van der Waals surface area contributed by atoms with Gasteiger partial charge in [-0.25, -0.2) is 0 Å². The number of hydrogen-bond acceptors (Lipinski definition) is 3. The van der Waals surface area contributed by atoms with E-state index in [1.807, 2.05) is 0 Å². The van der Waals surface area contributed by atoms with Gasteiger partial charge in [0, 0.05) is 44.4 Å². The molecule has 13 rings (SSSR count). The van der Waals surface area contributed by atoms with Gasteiger partial charge in [0.25, 0.3) is 0 Å². The largest absolute Gasteiger partial charge is 0.456 e. The van der Waals surface area contributed by atoms with Crippen molar-refractivity contribution in [2.45, 2.75) is 64.7 Å². The van der Waals surface area contributed by atoms with E-state index in [0.717, 1.165) is 27.6 Å². The second kappa shape index (κ2) is 12.0. The lowest BCUT2D eigenvalue weighted by Gasteiger charge is -2.51. The Hall–Kier alpha value is -6.78. The second-order valence-electron chi connectivity index (χ2n) is 20.1. The van der Waals surface area contributed by atoms with Crippen LogP contribution >= 0.6 is 0 Å². The first kappa shape index (κ1) is 35.9. The topological polar surface area (TPSA) is 19.6 Å². The van der Waals surface area contributed by atoms with Crippen molar-refractivity contribution in [3.05, 3.63) is 186 Å². The van der Waals surface area contributed by atoms with Crippen molar-refractivity contribution in [1.82, 2.24) is 0 Å². The first-order valence-corrected chi connectivity index (χ1v) is 22.2. The fraction of sp³-hybridized carbons (Fsp3) is 0.172. The van der Waals surface area contributed by atoms with E-state index < -0.39 is 0 Å². The molecular weight excluding hydrogens is 751 g/mol. The molecule has 62 heavy (non-hydrogen) atoms. The molecule has 0 saturated heterocycles. The summed E-state index contributed by atoms with van der Waals surface area (Å²) in [6.45, 7) is 16.5. The van der Waals surface area contributed by atoms with Crippen LogP contribution in [-0.4, -0.2) is 6.85 Å².